The van der Waals surface area contributed by atoms with Gasteiger partial charge in [0.2, 0.25) is 0 Å². The average Bonchev–Trinajstić information content (AvgIpc) is 2.62. The van der Waals surface area contributed by atoms with Gasteiger partial charge in [-0.1, -0.05) is 33.6 Å². The van der Waals surface area contributed by atoms with Crippen LogP contribution in [0, 0.1) is 0 Å². The molecule has 1 unspecified atom stereocenters. The van der Waals surface area contributed by atoms with Crippen LogP contribution in [0.5, 0.6) is 0 Å². The molecule has 25 heavy (non-hydrogen) atoms. The summed E-state index contributed by atoms with van der Waals surface area (Å²) in [6.45, 7) is 0. The zero-order valence-electron chi connectivity index (χ0n) is 13.7. The van der Waals surface area contributed by atoms with Crippen LogP contribution in [-0.2, 0) is 11.2 Å². The lowest BCUT2D eigenvalue weighted by Gasteiger charge is -2.26. The highest BCUT2D eigenvalue weighted by molar-refractivity contribution is 9.10. The van der Waals surface area contributed by atoms with Crippen molar-refractivity contribution < 1.29 is 9.59 Å². The molecule has 130 valence electrons. The third kappa shape index (κ3) is 4.50. The number of carbonyl (C=O) groups is 2. The van der Waals surface area contributed by atoms with Gasteiger partial charge in [0.15, 0.2) is 11.6 Å². The van der Waals surface area contributed by atoms with E-state index in [2.05, 4.69) is 21.2 Å². The van der Waals surface area contributed by atoms with E-state index in [0.29, 0.717) is 29.8 Å². The summed E-state index contributed by atoms with van der Waals surface area (Å²) >= 11 is 9.38. The zero-order chi connectivity index (χ0) is 17.8. The second-order valence-corrected chi connectivity index (χ2v) is 7.54. The molecule has 0 saturated heterocycles. The topological polar surface area (TPSA) is 46.2 Å². The van der Waals surface area contributed by atoms with Gasteiger partial charge in [-0.15, -0.1) is 0 Å². The zero-order valence-corrected chi connectivity index (χ0v) is 16.1. The van der Waals surface area contributed by atoms with Crippen LogP contribution in [0.4, 0.5) is 5.69 Å². The number of carbonyl (C=O) groups excluding carboxylic acids is 2. The predicted molar refractivity (Wildman–Crippen MR) is 105 cm³/mol. The van der Waals surface area contributed by atoms with Crippen LogP contribution in [0.2, 0.25) is 5.02 Å². The van der Waals surface area contributed by atoms with Crippen molar-refractivity contribution in [2.45, 2.75) is 38.1 Å². The van der Waals surface area contributed by atoms with Crippen LogP contribution < -0.4 is 5.32 Å². The summed E-state index contributed by atoms with van der Waals surface area (Å²) in [6, 6.07) is 12.7. The van der Waals surface area contributed by atoms with Crippen LogP contribution >= 0.6 is 27.5 Å². The van der Waals surface area contributed by atoms with Crippen molar-refractivity contribution in [2.75, 3.05) is 5.32 Å². The summed E-state index contributed by atoms with van der Waals surface area (Å²) < 4.78 is 1.08. The highest BCUT2D eigenvalue weighted by Gasteiger charge is 2.24. The quantitative estimate of drug-likeness (QED) is 0.632. The van der Waals surface area contributed by atoms with Crippen molar-refractivity contribution in [1.82, 2.24) is 0 Å². The van der Waals surface area contributed by atoms with E-state index in [1.165, 1.54) is 5.56 Å². The number of anilines is 1. The lowest BCUT2D eigenvalue weighted by Crippen LogP contribution is -2.33. The Bertz CT molecular complexity index is 789. The third-order valence-corrected chi connectivity index (χ3v) is 5.51. The Labute approximate surface area is 160 Å². The highest BCUT2D eigenvalue weighted by atomic mass is 79.9. The van der Waals surface area contributed by atoms with Crippen LogP contribution in [0.1, 0.15) is 41.6 Å². The van der Waals surface area contributed by atoms with Gasteiger partial charge in [0.25, 0.3) is 0 Å². The fourth-order valence-electron chi connectivity index (χ4n) is 3.12. The molecule has 3 nitrogen and oxygen atoms in total. The molecular weight excluding hydrogens is 402 g/mol. The molecule has 1 atom stereocenters. The molecule has 1 N–H and O–H groups in total. The lowest BCUT2D eigenvalue weighted by atomic mass is 9.93. The maximum absolute atomic E-state index is 12.5. The first-order valence-electron chi connectivity index (χ1n) is 8.40. The molecule has 0 aliphatic carbocycles. The van der Waals surface area contributed by atoms with Crippen molar-refractivity contribution >= 4 is 44.8 Å². The summed E-state index contributed by atoms with van der Waals surface area (Å²) in [5, 5.41) is 3.95. The average molecular weight is 421 g/mol. The lowest BCUT2D eigenvalue weighted by molar-refractivity contribution is -0.120. The largest absolute Gasteiger partial charge is 0.375 e. The van der Waals surface area contributed by atoms with Gasteiger partial charge in [-0.3, -0.25) is 9.59 Å². The Balaban J connectivity index is 1.50. The smallest absolute Gasteiger partial charge is 0.162 e. The van der Waals surface area contributed by atoms with Gasteiger partial charge in [0, 0.05) is 33.6 Å². The molecule has 0 fully saturated rings. The molecule has 2 aromatic rings. The summed E-state index contributed by atoms with van der Waals surface area (Å²) in [4.78, 5) is 24.6. The van der Waals surface area contributed by atoms with E-state index >= 15 is 0 Å². The molecule has 0 aromatic heterocycles. The Morgan fingerprint density at radius 1 is 1.12 bits per heavy atom. The Hall–Kier alpha value is -1.65. The van der Waals surface area contributed by atoms with Crippen molar-refractivity contribution in [3.63, 3.8) is 0 Å². The van der Waals surface area contributed by atoms with Crippen LogP contribution in [0.25, 0.3) is 0 Å². The maximum Gasteiger partial charge on any atom is 0.162 e. The number of nitrogens with one attached hydrogen (secondary N) is 1. The van der Waals surface area contributed by atoms with Gasteiger partial charge in [0.05, 0.1) is 6.04 Å². The van der Waals surface area contributed by atoms with Gasteiger partial charge < -0.3 is 5.32 Å². The SMILES string of the molecule is O=C(CCCC(=O)C1CCc2c(Br)cccc2N1)c1ccc(Cl)cc1. The molecule has 0 amide bonds. The second-order valence-electron chi connectivity index (χ2n) is 6.25. The molecule has 0 radical (unpaired) electrons. The Morgan fingerprint density at radius 2 is 1.88 bits per heavy atom. The Morgan fingerprint density at radius 3 is 2.64 bits per heavy atom. The molecule has 1 heterocycles. The number of Topliss-reactive ketones (excluding diaryl/α,β-unsaturated/α-hetero) is 2. The third-order valence-electron chi connectivity index (χ3n) is 4.51. The van der Waals surface area contributed by atoms with Crippen molar-refractivity contribution in [3.8, 4) is 0 Å². The Kier molecular flexibility index (Phi) is 5.92. The first-order chi connectivity index (χ1) is 12.0. The van der Waals surface area contributed by atoms with Crippen molar-refractivity contribution in [2.24, 2.45) is 0 Å². The van der Waals surface area contributed by atoms with Gasteiger partial charge in [-0.25, -0.2) is 0 Å². The summed E-state index contributed by atoms with van der Waals surface area (Å²) in [5.41, 5.74) is 2.90. The summed E-state index contributed by atoms with van der Waals surface area (Å²) in [6.07, 6.45) is 3.04. The number of fused-ring (bicyclic) bond motifs is 1. The fourth-order valence-corrected chi connectivity index (χ4v) is 3.81. The molecule has 3 rings (SSSR count). The number of rotatable bonds is 6. The van der Waals surface area contributed by atoms with E-state index < -0.39 is 0 Å². The van der Waals surface area contributed by atoms with Crippen LogP contribution in [-0.4, -0.2) is 17.6 Å². The highest BCUT2D eigenvalue weighted by Crippen LogP contribution is 2.31. The molecular formula is C20H19BrClNO2. The van der Waals surface area contributed by atoms with E-state index in [4.69, 9.17) is 11.6 Å². The van der Waals surface area contributed by atoms with Gasteiger partial charge >= 0.3 is 0 Å². The number of hydrogen-bond acceptors (Lipinski definition) is 3. The van der Waals surface area contributed by atoms with Crippen molar-refractivity contribution in [3.05, 3.63) is 63.1 Å². The minimum Gasteiger partial charge on any atom is -0.375 e. The monoisotopic (exact) mass is 419 g/mol. The van der Waals surface area contributed by atoms with E-state index in [-0.39, 0.29) is 17.6 Å². The summed E-state index contributed by atoms with van der Waals surface area (Å²) in [7, 11) is 0. The standard InChI is InChI=1S/C20H19BrClNO2/c21-16-3-1-4-17-15(16)11-12-18(23-17)20(25)6-2-5-19(24)13-7-9-14(22)10-8-13/h1,3-4,7-10,18,23H,2,5-6,11-12H2. The minimum atomic E-state index is -0.160. The van der Waals surface area contributed by atoms with Gasteiger partial charge in [0.1, 0.15) is 0 Å². The molecule has 1 aliphatic heterocycles. The summed E-state index contributed by atoms with van der Waals surface area (Å²) in [5.74, 6) is 0.227. The van der Waals surface area contributed by atoms with Crippen LogP contribution in [0.15, 0.2) is 46.9 Å². The number of halogens is 2. The van der Waals surface area contributed by atoms with Crippen molar-refractivity contribution in [1.29, 1.82) is 0 Å². The second kappa shape index (κ2) is 8.15. The minimum absolute atomic E-state index is 0.0512. The predicted octanol–water partition coefficient (Wildman–Crippen LogP) is 5.45. The molecule has 1 aliphatic rings. The van der Waals surface area contributed by atoms with E-state index in [9.17, 15) is 9.59 Å². The molecule has 0 bridgehead atoms. The molecule has 0 saturated carbocycles. The van der Waals surface area contributed by atoms with E-state index in [0.717, 1.165) is 23.0 Å². The van der Waals surface area contributed by atoms with E-state index in [1.807, 2.05) is 18.2 Å². The normalized spacial score (nSPS) is 16.0. The maximum atomic E-state index is 12.5. The number of hydrogen-bond donors (Lipinski definition) is 1. The van der Waals surface area contributed by atoms with Gasteiger partial charge in [-0.05, 0) is 61.2 Å². The number of benzene rings is 2. The molecule has 5 heteroatoms. The fraction of sp³-hybridized carbons (Fsp3) is 0.300. The molecule has 2 aromatic carbocycles. The van der Waals surface area contributed by atoms with Crippen LogP contribution in [0.3, 0.4) is 0 Å². The van der Waals surface area contributed by atoms with E-state index in [1.54, 1.807) is 24.3 Å². The number of ketones is 2. The molecule has 0 spiro atoms. The first kappa shape index (κ1) is 18.2. The van der Waals surface area contributed by atoms with Gasteiger partial charge in [-0.2, -0.15) is 0 Å². The first-order valence-corrected chi connectivity index (χ1v) is 9.57.